The molecule has 0 bridgehead atoms. The number of nitrogens with one attached hydrogen (secondary N) is 1. The molecule has 1 N–H and O–H groups in total. The van der Waals surface area contributed by atoms with E-state index in [2.05, 4.69) is 15.5 Å². The molecule has 2 heterocycles. The zero-order valence-corrected chi connectivity index (χ0v) is 14.0. The topological polar surface area (TPSA) is 90.0 Å². The van der Waals surface area contributed by atoms with Crippen LogP contribution in [0.5, 0.6) is 0 Å². The van der Waals surface area contributed by atoms with Crippen molar-refractivity contribution >= 4 is 11.6 Å². The number of carbonyl (C=O) groups excluding carboxylic acids is 1. The third-order valence-corrected chi connectivity index (χ3v) is 3.75. The van der Waals surface area contributed by atoms with Crippen LogP contribution in [-0.2, 0) is 17.8 Å². The molecule has 0 radical (unpaired) electrons. The third kappa shape index (κ3) is 3.82. The summed E-state index contributed by atoms with van der Waals surface area (Å²) < 4.78 is 6.49. The molecule has 0 atom stereocenters. The molecular weight excluding hydrogens is 320 g/mol. The van der Waals surface area contributed by atoms with E-state index in [9.17, 15) is 9.59 Å². The zero-order chi connectivity index (χ0) is 17.8. The van der Waals surface area contributed by atoms with Gasteiger partial charge in [0.05, 0.1) is 5.56 Å². The van der Waals surface area contributed by atoms with Crippen molar-refractivity contribution in [2.24, 2.45) is 0 Å². The molecule has 7 heteroatoms. The Balaban J connectivity index is 1.80. The van der Waals surface area contributed by atoms with Gasteiger partial charge in [0.25, 0.3) is 11.4 Å². The van der Waals surface area contributed by atoms with Gasteiger partial charge in [-0.2, -0.15) is 4.98 Å². The van der Waals surface area contributed by atoms with Crippen molar-refractivity contribution in [2.75, 3.05) is 5.32 Å². The second-order valence-electron chi connectivity index (χ2n) is 5.62. The Labute approximate surface area is 144 Å². The van der Waals surface area contributed by atoms with Crippen LogP contribution in [0.25, 0.3) is 11.5 Å². The first kappa shape index (κ1) is 16.6. The number of nitrogens with zero attached hydrogens (tertiary/aromatic N) is 3. The minimum Gasteiger partial charge on any atom is -0.334 e. The van der Waals surface area contributed by atoms with E-state index < -0.39 is 0 Å². The van der Waals surface area contributed by atoms with Gasteiger partial charge in [0.1, 0.15) is 6.54 Å². The fraction of sp³-hybridized carbons (Fsp3) is 0.222. The van der Waals surface area contributed by atoms with E-state index in [-0.39, 0.29) is 18.0 Å². The largest absolute Gasteiger partial charge is 0.334 e. The highest BCUT2D eigenvalue weighted by molar-refractivity contribution is 5.91. The van der Waals surface area contributed by atoms with Crippen molar-refractivity contribution in [1.82, 2.24) is 14.7 Å². The van der Waals surface area contributed by atoms with E-state index in [1.54, 1.807) is 12.3 Å². The lowest BCUT2D eigenvalue weighted by atomic mass is 10.2. The molecule has 0 aliphatic carbocycles. The van der Waals surface area contributed by atoms with Crippen LogP contribution in [0.15, 0.2) is 51.9 Å². The fourth-order valence-electron chi connectivity index (χ4n) is 2.35. The number of benzene rings is 1. The number of aryl methyl sites for hydroxylation is 2. The summed E-state index contributed by atoms with van der Waals surface area (Å²) in [5.74, 6) is 0.628. The number of amides is 1. The van der Waals surface area contributed by atoms with Gasteiger partial charge in [-0.05, 0) is 24.6 Å². The monoisotopic (exact) mass is 338 g/mol. The molecule has 1 aromatic carbocycles. The molecule has 3 rings (SSSR count). The molecule has 128 valence electrons. The van der Waals surface area contributed by atoms with Crippen LogP contribution >= 0.6 is 0 Å². The van der Waals surface area contributed by atoms with Crippen molar-refractivity contribution in [2.45, 2.75) is 26.8 Å². The Morgan fingerprint density at radius 3 is 2.76 bits per heavy atom. The summed E-state index contributed by atoms with van der Waals surface area (Å²) in [4.78, 5) is 28.5. The van der Waals surface area contributed by atoms with Gasteiger partial charge in [-0.3, -0.25) is 9.59 Å². The summed E-state index contributed by atoms with van der Waals surface area (Å²) in [6.07, 6.45) is 2.20. The van der Waals surface area contributed by atoms with Crippen molar-refractivity contribution in [3.05, 3.63) is 64.3 Å². The van der Waals surface area contributed by atoms with Crippen LogP contribution in [0.2, 0.25) is 0 Å². The Kier molecular flexibility index (Phi) is 4.74. The average Bonchev–Trinajstić information content (AvgIpc) is 3.08. The van der Waals surface area contributed by atoms with Gasteiger partial charge < -0.3 is 14.4 Å². The Hall–Kier alpha value is -3.22. The number of anilines is 1. The van der Waals surface area contributed by atoms with E-state index in [4.69, 9.17) is 4.52 Å². The van der Waals surface area contributed by atoms with Gasteiger partial charge in [-0.1, -0.05) is 30.3 Å². The fourth-order valence-corrected chi connectivity index (χ4v) is 2.35. The van der Waals surface area contributed by atoms with Crippen LogP contribution in [0.4, 0.5) is 5.69 Å². The molecule has 0 fully saturated rings. The van der Waals surface area contributed by atoms with Gasteiger partial charge in [0, 0.05) is 24.4 Å². The molecule has 25 heavy (non-hydrogen) atoms. The van der Waals surface area contributed by atoms with Crippen LogP contribution in [-0.4, -0.2) is 20.6 Å². The minimum absolute atomic E-state index is 0.101. The second kappa shape index (κ2) is 7.12. The summed E-state index contributed by atoms with van der Waals surface area (Å²) in [5, 5.41) is 6.65. The molecule has 0 spiro atoms. The van der Waals surface area contributed by atoms with E-state index in [0.717, 1.165) is 11.3 Å². The summed E-state index contributed by atoms with van der Waals surface area (Å²) >= 11 is 0. The van der Waals surface area contributed by atoms with Crippen LogP contribution in [0.1, 0.15) is 18.3 Å². The predicted octanol–water partition coefficient (Wildman–Crippen LogP) is 2.41. The number of aromatic nitrogens is 3. The minimum atomic E-state index is -0.284. The smallest absolute Gasteiger partial charge is 0.259 e. The van der Waals surface area contributed by atoms with Crippen molar-refractivity contribution in [3.8, 4) is 11.5 Å². The summed E-state index contributed by atoms with van der Waals surface area (Å²) in [5.41, 5.74) is 1.99. The summed E-state index contributed by atoms with van der Waals surface area (Å²) in [6.45, 7) is 3.73. The maximum Gasteiger partial charge on any atom is 0.259 e. The quantitative estimate of drug-likeness (QED) is 0.771. The molecule has 3 aromatic rings. The van der Waals surface area contributed by atoms with Gasteiger partial charge in [0.15, 0.2) is 5.82 Å². The Bertz CT molecular complexity index is 959. The average molecular weight is 338 g/mol. The van der Waals surface area contributed by atoms with E-state index in [1.165, 1.54) is 10.6 Å². The third-order valence-electron chi connectivity index (χ3n) is 3.75. The van der Waals surface area contributed by atoms with Gasteiger partial charge in [-0.25, -0.2) is 0 Å². The van der Waals surface area contributed by atoms with Gasteiger partial charge in [0.2, 0.25) is 5.91 Å². The van der Waals surface area contributed by atoms with E-state index in [1.807, 2.05) is 38.1 Å². The first-order chi connectivity index (χ1) is 12.1. The second-order valence-corrected chi connectivity index (χ2v) is 5.62. The maximum atomic E-state index is 12.3. The zero-order valence-electron chi connectivity index (χ0n) is 14.0. The molecule has 0 aliphatic rings. The van der Waals surface area contributed by atoms with Gasteiger partial charge >= 0.3 is 0 Å². The van der Waals surface area contributed by atoms with Gasteiger partial charge in [-0.15, -0.1) is 0 Å². The molecule has 2 aromatic heterocycles. The SMILES string of the molecule is CCc1noc(-c2ccc(=O)n(CC(=O)Nc3ccccc3C)c2)n1. The van der Waals surface area contributed by atoms with Crippen molar-refractivity contribution in [3.63, 3.8) is 0 Å². The Morgan fingerprint density at radius 2 is 2.04 bits per heavy atom. The molecule has 0 saturated heterocycles. The predicted molar refractivity (Wildman–Crippen MR) is 93.2 cm³/mol. The first-order valence-corrected chi connectivity index (χ1v) is 7.95. The lowest BCUT2D eigenvalue weighted by Gasteiger charge is -2.10. The molecule has 1 amide bonds. The maximum absolute atomic E-state index is 12.3. The molecule has 0 unspecified atom stereocenters. The number of hydrogen-bond donors (Lipinski definition) is 1. The highest BCUT2D eigenvalue weighted by Crippen LogP contribution is 2.16. The van der Waals surface area contributed by atoms with Crippen LogP contribution < -0.4 is 10.9 Å². The summed E-state index contributed by atoms with van der Waals surface area (Å²) in [7, 11) is 0. The lowest BCUT2D eigenvalue weighted by molar-refractivity contribution is -0.116. The van der Waals surface area contributed by atoms with Crippen molar-refractivity contribution in [1.29, 1.82) is 0 Å². The molecule has 7 nitrogen and oxygen atoms in total. The summed E-state index contributed by atoms with van der Waals surface area (Å²) in [6, 6.07) is 10.4. The van der Waals surface area contributed by atoms with Crippen LogP contribution in [0, 0.1) is 6.92 Å². The number of rotatable bonds is 5. The first-order valence-electron chi connectivity index (χ1n) is 7.95. The molecule has 0 saturated carbocycles. The Morgan fingerprint density at radius 1 is 1.24 bits per heavy atom. The van der Waals surface area contributed by atoms with E-state index >= 15 is 0 Å². The number of carbonyl (C=O) groups is 1. The number of hydrogen-bond acceptors (Lipinski definition) is 5. The molecule has 0 aliphatic heterocycles. The number of pyridine rings is 1. The molecular formula is C18H18N4O3. The highest BCUT2D eigenvalue weighted by Gasteiger charge is 2.11. The number of para-hydroxylation sites is 1. The lowest BCUT2D eigenvalue weighted by Crippen LogP contribution is -2.27. The highest BCUT2D eigenvalue weighted by atomic mass is 16.5. The van der Waals surface area contributed by atoms with E-state index in [0.29, 0.717) is 23.7 Å². The normalized spacial score (nSPS) is 10.6. The van der Waals surface area contributed by atoms with Crippen LogP contribution in [0.3, 0.4) is 0 Å². The van der Waals surface area contributed by atoms with Crippen molar-refractivity contribution < 1.29 is 9.32 Å². The standard InChI is InChI=1S/C18H18N4O3/c1-3-15-20-18(25-21-15)13-8-9-17(24)22(10-13)11-16(23)19-14-7-5-4-6-12(14)2/h4-10H,3,11H2,1-2H3,(H,19,23).